The number of carbonyl (C=O) groups excluding carboxylic acids is 1. The van der Waals surface area contributed by atoms with Crippen molar-refractivity contribution in [1.82, 2.24) is 15.5 Å². The molecule has 3 aromatic rings. The molecule has 2 aromatic heterocycles. The summed E-state index contributed by atoms with van der Waals surface area (Å²) in [5.41, 5.74) is 1.77. The van der Waals surface area contributed by atoms with Crippen LogP contribution in [0.2, 0.25) is 5.02 Å². The van der Waals surface area contributed by atoms with E-state index in [2.05, 4.69) is 20.4 Å². The maximum atomic E-state index is 12.5. The molecule has 0 aliphatic carbocycles. The van der Waals surface area contributed by atoms with Crippen molar-refractivity contribution in [3.8, 4) is 11.3 Å². The van der Waals surface area contributed by atoms with E-state index in [1.807, 2.05) is 48.5 Å². The Bertz CT molecular complexity index is 911. The normalized spacial score (nSPS) is 16.8. The van der Waals surface area contributed by atoms with E-state index in [1.165, 1.54) is 0 Å². The second-order valence-corrected chi connectivity index (χ2v) is 7.30. The lowest BCUT2D eigenvalue weighted by Crippen LogP contribution is -2.43. The van der Waals surface area contributed by atoms with E-state index in [4.69, 9.17) is 16.0 Å². The van der Waals surface area contributed by atoms with Gasteiger partial charge in [0.25, 0.3) is 0 Å². The number of carbonyl (C=O) groups is 1. The summed E-state index contributed by atoms with van der Waals surface area (Å²) in [7, 11) is 0. The van der Waals surface area contributed by atoms with E-state index in [-0.39, 0.29) is 11.8 Å². The predicted octanol–water partition coefficient (Wildman–Crippen LogP) is 3.92. The summed E-state index contributed by atoms with van der Waals surface area (Å²) in [6, 6.07) is 15.1. The first kappa shape index (κ1) is 18.5. The Labute approximate surface area is 168 Å². The fourth-order valence-electron chi connectivity index (χ4n) is 3.40. The maximum Gasteiger partial charge on any atom is 0.225 e. The topological polar surface area (TPSA) is 71.3 Å². The molecular weight excluding hydrogens is 376 g/mol. The smallest absolute Gasteiger partial charge is 0.225 e. The van der Waals surface area contributed by atoms with Gasteiger partial charge in [0, 0.05) is 23.7 Å². The summed E-state index contributed by atoms with van der Waals surface area (Å²) < 4.78 is 5.27. The number of piperidine rings is 1. The molecule has 0 spiro atoms. The molecule has 3 heterocycles. The number of aromatic nitrogens is 2. The molecule has 6 nitrogen and oxygen atoms in total. The van der Waals surface area contributed by atoms with Crippen LogP contribution in [-0.2, 0) is 11.3 Å². The van der Waals surface area contributed by atoms with Gasteiger partial charge < -0.3 is 14.6 Å². The second-order valence-electron chi connectivity index (χ2n) is 6.87. The van der Waals surface area contributed by atoms with Gasteiger partial charge in [0.05, 0.1) is 24.4 Å². The predicted molar refractivity (Wildman–Crippen MR) is 108 cm³/mol. The Kier molecular flexibility index (Phi) is 5.58. The Balaban J connectivity index is 1.38. The van der Waals surface area contributed by atoms with Crippen LogP contribution in [0.15, 0.2) is 59.2 Å². The zero-order chi connectivity index (χ0) is 19.3. The number of furan rings is 1. The lowest BCUT2D eigenvalue weighted by atomic mass is 9.97. The number of nitrogens with zero attached hydrogens (tertiary/aromatic N) is 3. The van der Waals surface area contributed by atoms with Crippen LogP contribution in [0.25, 0.3) is 11.3 Å². The molecule has 1 atom stereocenters. The number of benzene rings is 1. The van der Waals surface area contributed by atoms with Gasteiger partial charge >= 0.3 is 0 Å². The molecule has 4 rings (SSSR count). The quantitative estimate of drug-likeness (QED) is 0.707. The summed E-state index contributed by atoms with van der Waals surface area (Å²) >= 11 is 5.94. The van der Waals surface area contributed by atoms with Crippen molar-refractivity contribution in [2.45, 2.75) is 19.4 Å². The molecule has 1 saturated heterocycles. The number of anilines is 1. The van der Waals surface area contributed by atoms with Gasteiger partial charge in [0.15, 0.2) is 5.82 Å². The summed E-state index contributed by atoms with van der Waals surface area (Å²) in [4.78, 5) is 14.6. The Morgan fingerprint density at radius 1 is 1.18 bits per heavy atom. The molecule has 0 radical (unpaired) electrons. The first-order valence-corrected chi connectivity index (χ1v) is 9.71. The first-order chi connectivity index (χ1) is 13.7. The average Bonchev–Trinajstić information content (AvgIpc) is 3.26. The zero-order valence-electron chi connectivity index (χ0n) is 15.3. The van der Waals surface area contributed by atoms with Crippen molar-refractivity contribution < 1.29 is 9.21 Å². The van der Waals surface area contributed by atoms with Crippen molar-refractivity contribution in [2.24, 2.45) is 5.92 Å². The fourth-order valence-corrected chi connectivity index (χ4v) is 3.53. The third kappa shape index (κ3) is 4.34. The lowest BCUT2D eigenvalue weighted by molar-refractivity contribution is -0.125. The van der Waals surface area contributed by atoms with Crippen molar-refractivity contribution in [2.75, 3.05) is 18.0 Å². The highest BCUT2D eigenvalue weighted by molar-refractivity contribution is 6.30. The number of hydrogen-bond acceptors (Lipinski definition) is 5. The van der Waals surface area contributed by atoms with E-state index in [0.717, 1.165) is 42.2 Å². The molecule has 1 fully saturated rings. The molecule has 7 heteroatoms. The molecule has 144 valence electrons. The zero-order valence-corrected chi connectivity index (χ0v) is 16.1. The van der Waals surface area contributed by atoms with Crippen LogP contribution < -0.4 is 10.2 Å². The Hall–Kier alpha value is -2.86. The molecule has 28 heavy (non-hydrogen) atoms. The van der Waals surface area contributed by atoms with E-state index in [9.17, 15) is 4.79 Å². The van der Waals surface area contributed by atoms with Gasteiger partial charge in [0.1, 0.15) is 5.76 Å². The minimum atomic E-state index is -0.0681. The molecule has 1 aromatic carbocycles. The molecule has 0 saturated carbocycles. The third-order valence-electron chi connectivity index (χ3n) is 4.92. The van der Waals surface area contributed by atoms with Crippen molar-refractivity contribution in [3.63, 3.8) is 0 Å². The fraction of sp³-hybridized carbons (Fsp3) is 0.286. The number of amides is 1. The number of halogens is 1. The van der Waals surface area contributed by atoms with Crippen LogP contribution in [0.1, 0.15) is 18.6 Å². The van der Waals surface area contributed by atoms with Crippen LogP contribution in [0.4, 0.5) is 5.82 Å². The van der Waals surface area contributed by atoms with Gasteiger partial charge in [0.2, 0.25) is 5.91 Å². The van der Waals surface area contributed by atoms with E-state index in [0.29, 0.717) is 18.1 Å². The van der Waals surface area contributed by atoms with Crippen molar-refractivity contribution in [1.29, 1.82) is 0 Å². The maximum absolute atomic E-state index is 12.5. The standard InChI is InChI=1S/C21H21ClN4O2/c22-17-7-5-15(6-8-17)19-9-10-20(25-24-19)26-11-1-3-16(14-26)21(27)23-13-18-4-2-12-28-18/h2,4-10,12,16H,1,3,11,13-14H2,(H,23,27)/t16-/m0/s1. The van der Waals surface area contributed by atoms with Gasteiger partial charge in [-0.3, -0.25) is 4.79 Å². The largest absolute Gasteiger partial charge is 0.467 e. The van der Waals surface area contributed by atoms with Crippen molar-refractivity contribution >= 4 is 23.3 Å². The molecule has 1 N–H and O–H groups in total. The van der Waals surface area contributed by atoms with Crippen molar-refractivity contribution in [3.05, 3.63) is 65.6 Å². The van der Waals surface area contributed by atoms with Gasteiger partial charge in [-0.15, -0.1) is 10.2 Å². The summed E-state index contributed by atoms with van der Waals surface area (Å²) in [6.07, 6.45) is 3.42. The van der Waals surface area contributed by atoms with Crippen LogP contribution in [0, 0.1) is 5.92 Å². The molecular formula is C21H21ClN4O2. The van der Waals surface area contributed by atoms with Crippen LogP contribution >= 0.6 is 11.6 Å². The minimum Gasteiger partial charge on any atom is -0.467 e. The van der Waals surface area contributed by atoms with Gasteiger partial charge in [-0.2, -0.15) is 0 Å². The number of nitrogens with one attached hydrogen (secondary N) is 1. The Morgan fingerprint density at radius 2 is 2.04 bits per heavy atom. The molecule has 0 unspecified atom stereocenters. The van der Waals surface area contributed by atoms with Crippen LogP contribution in [0.3, 0.4) is 0 Å². The SMILES string of the molecule is O=C(NCc1ccco1)[C@H]1CCCN(c2ccc(-c3ccc(Cl)cc3)nn2)C1. The molecule has 0 bridgehead atoms. The van der Waals surface area contributed by atoms with E-state index < -0.39 is 0 Å². The highest BCUT2D eigenvalue weighted by atomic mass is 35.5. The highest BCUT2D eigenvalue weighted by Gasteiger charge is 2.26. The summed E-state index contributed by atoms with van der Waals surface area (Å²) in [6.45, 7) is 1.92. The average molecular weight is 397 g/mol. The molecule has 1 amide bonds. The van der Waals surface area contributed by atoms with Gasteiger partial charge in [-0.25, -0.2) is 0 Å². The van der Waals surface area contributed by atoms with E-state index >= 15 is 0 Å². The minimum absolute atomic E-state index is 0.0480. The second kappa shape index (κ2) is 8.44. The highest BCUT2D eigenvalue weighted by Crippen LogP contribution is 2.24. The Morgan fingerprint density at radius 3 is 2.75 bits per heavy atom. The van der Waals surface area contributed by atoms with Gasteiger partial charge in [-0.05, 0) is 49.2 Å². The van der Waals surface area contributed by atoms with E-state index in [1.54, 1.807) is 6.26 Å². The summed E-state index contributed by atoms with van der Waals surface area (Å²) in [5, 5.41) is 12.4. The number of rotatable bonds is 5. The first-order valence-electron chi connectivity index (χ1n) is 9.34. The monoisotopic (exact) mass is 396 g/mol. The van der Waals surface area contributed by atoms with Gasteiger partial charge in [-0.1, -0.05) is 23.7 Å². The third-order valence-corrected chi connectivity index (χ3v) is 5.18. The van der Waals surface area contributed by atoms with Crippen LogP contribution in [0.5, 0.6) is 0 Å². The molecule has 1 aliphatic rings. The molecule has 1 aliphatic heterocycles. The number of hydrogen-bond donors (Lipinski definition) is 1. The van der Waals surface area contributed by atoms with Crippen LogP contribution in [-0.4, -0.2) is 29.2 Å². The lowest BCUT2D eigenvalue weighted by Gasteiger charge is -2.32. The summed E-state index contributed by atoms with van der Waals surface area (Å²) in [5.74, 6) is 1.53.